The van der Waals surface area contributed by atoms with Gasteiger partial charge in [-0.05, 0) is 40.9 Å². The highest BCUT2D eigenvalue weighted by atomic mass is 32.1. The highest BCUT2D eigenvalue weighted by Gasteiger charge is 1.96. The smallest absolute Gasteiger partial charge is 0.0223 e. The van der Waals surface area contributed by atoms with Gasteiger partial charge in [0, 0.05) is 32.0 Å². The summed E-state index contributed by atoms with van der Waals surface area (Å²) in [5, 5.41) is 7.74. The van der Waals surface area contributed by atoms with Gasteiger partial charge in [-0.15, -0.1) is 0 Å². The Kier molecular flexibility index (Phi) is 3.59. The average Bonchev–Trinajstić information content (AvgIpc) is 2.88. The molecule has 2 nitrogen and oxygen atoms in total. The third-order valence-corrected chi connectivity index (χ3v) is 3.15. The van der Waals surface area contributed by atoms with Crippen molar-refractivity contribution in [2.24, 2.45) is 0 Å². The number of rotatable bonds is 5. The van der Waals surface area contributed by atoms with Gasteiger partial charge in [-0.3, -0.25) is 0 Å². The van der Waals surface area contributed by atoms with Crippen LogP contribution in [0.4, 0.5) is 0 Å². The zero-order chi connectivity index (χ0) is 10.5. The van der Waals surface area contributed by atoms with Crippen LogP contribution in [0.25, 0.3) is 0 Å². The Labute approximate surface area is 94.6 Å². The monoisotopic (exact) mass is 220 g/mol. The molecule has 0 aliphatic rings. The van der Waals surface area contributed by atoms with Gasteiger partial charge in [0.15, 0.2) is 0 Å². The topological polar surface area (TPSA) is 17.0 Å². The lowest BCUT2D eigenvalue weighted by atomic mass is 10.3. The summed E-state index contributed by atoms with van der Waals surface area (Å²) in [4.78, 5) is 0. The zero-order valence-corrected chi connectivity index (χ0v) is 9.76. The second kappa shape index (κ2) is 5.14. The summed E-state index contributed by atoms with van der Waals surface area (Å²) in [6, 6.07) is 4.33. The Morgan fingerprint density at radius 1 is 1.27 bits per heavy atom. The molecule has 0 atom stereocenters. The minimum atomic E-state index is 0.947. The number of hydrogen-bond donors (Lipinski definition) is 1. The molecule has 2 rings (SSSR count). The first kappa shape index (κ1) is 10.5. The molecular formula is C12H16N2S. The van der Waals surface area contributed by atoms with E-state index in [4.69, 9.17) is 0 Å². The molecule has 0 fully saturated rings. The summed E-state index contributed by atoms with van der Waals surface area (Å²) in [6.07, 6.45) is 4.32. The maximum atomic E-state index is 3.43. The molecule has 2 heterocycles. The van der Waals surface area contributed by atoms with Gasteiger partial charge in [0.25, 0.3) is 0 Å². The summed E-state index contributed by atoms with van der Waals surface area (Å²) in [5.41, 5.74) is 2.72. The fourth-order valence-corrected chi connectivity index (χ4v) is 2.20. The van der Waals surface area contributed by atoms with Gasteiger partial charge in [-0.25, -0.2) is 0 Å². The number of hydrogen-bond acceptors (Lipinski definition) is 2. The van der Waals surface area contributed by atoms with E-state index >= 15 is 0 Å². The second-order valence-electron chi connectivity index (χ2n) is 3.59. The van der Waals surface area contributed by atoms with Crippen LogP contribution < -0.4 is 5.32 Å². The summed E-state index contributed by atoms with van der Waals surface area (Å²) >= 11 is 1.75. The van der Waals surface area contributed by atoms with Crippen molar-refractivity contribution in [1.29, 1.82) is 0 Å². The number of nitrogens with zero attached hydrogens (tertiary/aromatic N) is 1. The minimum absolute atomic E-state index is 0.947. The lowest BCUT2D eigenvalue weighted by Crippen LogP contribution is -2.11. The van der Waals surface area contributed by atoms with Gasteiger partial charge in [0.2, 0.25) is 0 Å². The molecule has 2 aromatic heterocycles. The summed E-state index contributed by atoms with van der Waals surface area (Å²) < 4.78 is 2.20. The third kappa shape index (κ3) is 2.94. The first-order valence-corrected chi connectivity index (χ1v) is 6.19. The molecule has 0 unspecified atom stereocenters. The van der Waals surface area contributed by atoms with Crippen LogP contribution in [-0.4, -0.2) is 4.57 Å². The predicted molar refractivity (Wildman–Crippen MR) is 65.0 cm³/mol. The summed E-state index contributed by atoms with van der Waals surface area (Å²) in [7, 11) is 0. The molecule has 15 heavy (non-hydrogen) atoms. The SMILES string of the molecule is CCn1ccc(CNCc2ccsc2)c1. The van der Waals surface area contributed by atoms with Crippen LogP contribution in [0.3, 0.4) is 0 Å². The van der Waals surface area contributed by atoms with E-state index in [-0.39, 0.29) is 0 Å². The van der Waals surface area contributed by atoms with Crippen LogP contribution in [0.2, 0.25) is 0 Å². The first-order valence-electron chi connectivity index (χ1n) is 5.25. The van der Waals surface area contributed by atoms with E-state index in [0.29, 0.717) is 0 Å². The number of nitrogens with one attached hydrogen (secondary N) is 1. The molecule has 0 aliphatic heterocycles. The average molecular weight is 220 g/mol. The van der Waals surface area contributed by atoms with Crippen molar-refractivity contribution in [3.63, 3.8) is 0 Å². The quantitative estimate of drug-likeness (QED) is 0.820. The summed E-state index contributed by atoms with van der Waals surface area (Å²) in [5.74, 6) is 0. The Bertz CT molecular complexity index is 389. The largest absolute Gasteiger partial charge is 0.354 e. The zero-order valence-electron chi connectivity index (χ0n) is 8.94. The van der Waals surface area contributed by atoms with Crippen molar-refractivity contribution >= 4 is 11.3 Å². The van der Waals surface area contributed by atoms with E-state index < -0.39 is 0 Å². The van der Waals surface area contributed by atoms with Crippen molar-refractivity contribution in [1.82, 2.24) is 9.88 Å². The molecule has 0 spiro atoms. The van der Waals surface area contributed by atoms with Crippen LogP contribution in [0.5, 0.6) is 0 Å². The van der Waals surface area contributed by atoms with Gasteiger partial charge >= 0.3 is 0 Å². The van der Waals surface area contributed by atoms with E-state index in [1.807, 2.05) is 0 Å². The van der Waals surface area contributed by atoms with Crippen LogP contribution in [0.1, 0.15) is 18.1 Å². The van der Waals surface area contributed by atoms with E-state index in [1.54, 1.807) is 11.3 Å². The fraction of sp³-hybridized carbons (Fsp3) is 0.333. The lowest BCUT2D eigenvalue weighted by molar-refractivity contribution is 0.690. The normalized spacial score (nSPS) is 10.7. The predicted octanol–water partition coefficient (Wildman–Crippen LogP) is 2.86. The molecule has 0 aromatic carbocycles. The molecule has 3 heteroatoms. The Morgan fingerprint density at radius 3 is 2.80 bits per heavy atom. The van der Waals surface area contributed by atoms with Crippen molar-refractivity contribution in [3.8, 4) is 0 Å². The van der Waals surface area contributed by atoms with E-state index in [2.05, 4.69) is 52.1 Å². The van der Waals surface area contributed by atoms with Gasteiger partial charge in [0.05, 0.1) is 0 Å². The van der Waals surface area contributed by atoms with Crippen LogP contribution in [-0.2, 0) is 19.6 Å². The minimum Gasteiger partial charge on any atom is -0.354 e. The molecular weight excluding hydrogens is 204 g/mol. The highest BCUT2D eigenvalue weighted by molar-refractivity contribution is 7.07. The van der Waals surface area contributed by atoms with Crippen LogP contribution in [0, 0.1) is 0 Å². The Morgan fingerprint density at radius 2 is 2.13 bits per heavy atom. The standard InChI is InChI=1S/C12H16N2S/c1-2-14-5-3-11(9-14)7-13-8-12-4-6-15-10-12/h3-6,9-10,13H,2,7-8H2,1H3. The highest BCUT2D eigenvalue weighted by Crippen LogP contribution is 2.06. The second-order valence-corrected chi connectivity index (χ2v) is 4.37. The molecule has 1 N–H and O–H groups in total. The van der Waals surface area contributed by atoms with Crippen molar-refractivity contribution in [2.75, 3.05) is 0 Å². The molecule has 0 aliphatic carbocycles. The molecule has 0 bridgehead atoms. The van der Waals surface area contributed by atoms with Crippen molar-refractivity contribution in [2.45, 2.75) is 26.6 Å². The third-order valence-electron chi connectivity index (χ3n) is 2.42. The van der Waals surface area contributed by atoms with Crippen LogP contribution in [0.15, 0.2) is 35.3 Å². The van der Waals surface area contributed by atoms with Gasteiger partial charge < -0.3 is 9.88 Å². The molecule has 0 saturated carbocycles. The molecule has 0 radical (unpaired) electrons. The first-order chi connectivity index (χ1) is 7.38. The Balaban J connectivity index is 1.78. The molecule has 0 saturated heterocycles. The van der Waals surface area contributed by atoms with Crippen LogP contribution >= 0.6 is 11.3 Å². The number of aryl methyl sites for hydroxylation is 1. The lowest BCUT2D eigenvalue weighted by Gasteiger charge is -2.00. The summed E-state index contributed by atoms with van der Waals surface area (Å²) in [6.45, 7) is 5.11. The van der Waals surface area contributed by atoms with Crippen molar-refractivity contribution < 1.29 is 0 Å². The number of aromatic nitrogens is 1. The Hall–Kier alpha value is -1.06. The molecule has 80 valence electrons. The maximum absolute atomic E-state index is 3.43. The van der Waals surface area contributed by atoms with Gasteiger partial charge in [-0.2, -0.15) is 11.3 Å². The van der Waals surface area contributed by atoms with Gasteiger partial charge in [-0.1, -0.05) is 0 Å². The van der Waals surface area contributed by atoms with E-state index in [9.17, 15) is 0 Å². The molecule has 2 aromatic rings. The van der Waals surface area contributed by atoms with Gasteiger partial charge in [0.1, 0.15) is 0 Å². The van der Waals surface area contributed by atoms with E-state index in [0.717, 1.165) is 19.6 Å². The molecule has 0 amide bonds. The van der Waals surface area contributed by atoms with E-state index in [1.165, 1.54) is 11.1 Å². The maximum Gasteiger partial charge on any atom is 0.0223 e. The van der Waals surface area contributed by atoms with Crippen molar-refractivity contribution in [3.05, 3.63) is 46.4 Å². The fourth-order valence-electron chi connectivity index (χ4n) is 1.54. The number of thiophene rings is 1.